The Labute approximate surface area is 203 Å². The molecule has 3 aromatic rings. The van der Waals surface area contributed by atoms with Gasteiger partial charge in [-0.25, -0.2) is 8.42 Å². The van der Waals surface area contributed by atoms with E-state index in [1.807, 2.05) is 6.92 Å². The number of sulfonamides is 1. The van der Waals surface area contributed by atoms with Crippen LogP contribution in [0, 0.1) is 24.0 Å². The summed E-state index contributed by atoms with van der Waals surface area (Å²) < 4.78 is 38.9. The van der Waals surface area contributed by atoms with Gasteiger partial charge in [0.15, 0.2) is 0 Å². The van der Waals surface area contributed by atoms with Gasteiger partial charge in [-0.15, -0.1) is 0 Å². The fourth-order valence-corrected chi connectivity index (χ4v) is 4.73. The molecule has 0 unspecified atom stereocenters. The molecule has 35 heavy (non-hydrogen) atoms. The van der Waals surface area contributed by atoms with E-state index in [-0.39, 0.29) is 27.7 Å². The van der Waals surface area contributed by atoms with E-state index < -0.39 is 27.4 Å². The van der Waals surface area contributed by atoms with Crippen LogP contribution in [-0.4, -0.2) is 40.0 Å². The lowest BCUT2D eigenvalue weighted by molar-refractivity contribution is -0.384. The number of aryl methyl sites for hydroxylation is 2. The zero-order valence-corrected chi connectivity index (χ0v) is 20.5. The first-order valence-corrected chi connectivity index (χ1v) is 11.9. The molecule has 3 aromatic carbocycles. The molecule has 11 heteroatoms. The van der Waals surface area contributed by atoms with E-state index in [0.29, 0.717) is 11.3 Å². The average Bonchev–Trinajstić information content (AvgIpc) is 2.83. The molecular formula is C24H25N3O7S. The van der Waals surface area contributed by atoms with Crippen molar-refractivity contribution in [2.45, 2.75) is 18.7 Å². The first-order chi connectivity index (χ1) is 16.6. The van der Waals surface area contributed by atoms with Crippen molar-refractivity contribution in [3.05, 3.63) is 81.9 Å². The maximum Gasteiger partial charge on any atom is 0.271 e. The second kappa shape index (κ2) is 10.4. The number of nitrogens with zero attached hydrogens (tertiary/aromatic N) is 2. The van der Waals surface area contributed by atoms with Crippen LogP contribution in [-0.2, 0) is 14.8 Å². The third-order valence-electron chi connectivity index (χ3n) is 5.26. The summed E-state index contributed by atoms with van der Waals surface area (Å²) in [6, 6.07) is 14.8. The van der Waals surface area contributed by atoms with Crippen LogP contribution in [0.25, 0.3) is 0 Å². The Bertz CT molecular complexity index is 1360. The minimum Gasteiger partial charge on any atom is -0.497 e. The van der Waals surface area contributed by atoms with Gasteiger partial charge in [0.05, 0.1) is 35.4 Å². The zero-order valence-electron chi connectivity index (χ0n) is 19.6. The molecule has 0 bridgehead atoms. The maximum absolute atomic E-state index is 13.7. The number of carbonyl (C=O) groups is 1. The second-order valence-electron chi connectivity index (χ2n) is 7.67. The molecule has 10 nitrogen and oxygen atoms in total. The summed E-state index contributed by atoms with van der Waals surface area (Å²) in [7, 11) is -1.40. The molecule has 0 aromatic heterocycles. The summed E-state index contributed by atoms with van der Waals surface area (Å²) in [6.45, 7) is 2.88. The lowest BCUT2D eigenvalue weighted by Gasteiger charge is -2.26. The highest BCUT2D eigenvalue weighted by molar-refractivity contribution is 7.92. The number of methoxy groups -OCH3 is 2. The minimum absolute atomic E-state index is 0.0210. The van der Waals surface area contributed by atoms with E-state index in [0.717, 1.165) is 9.87 Å². The number of nitro groups is 1. The number of nitrogens with one attached hydrogen (secondary N) is 1. The van der Waals surface area contributed by atoms with Crippen molar-refractivity contribution >= 4 is 33.0 Å². The number of hydrogen-bond donors (Lipinski definition) is 1. The number of carbonyl (C=O) groups excluding carboxylic acids is 1. The Hall–Kier alpha value is -4.12. The normalized spacial score (nSPS) is 11.0. The Morgan fingerprint density at radius 1 is 1.00 bits per heavy atom. The topological polar surface area (TPSA) is 128 Å². The van der Waals surface area contributed by atoms with Crippen molar-refractivity contribution < 1.29 is 27.6 Å². The number of hydrogen-bond acceptors (Lipinski definition) is 7. The molecule has 1 N–H and O–H groups in total. The van der Waals surface area contributed by atoms with Crippen LogP contribution in [0.4, 0.5) is 17.1 Å². The van der Waals surface area contributed by atoms with Gasteiger partial charge >= 0.3 is 0 Å². The molecule has 0 atom stereocenters. The van der Waals surface area contributed by atoms with Gasteiger partial charge in [0.2, 0.25) is 5.91 Å². The SMILES string of the molecule is COc1ccc(OC)c(N(CC(=O)Nc2cc([N+](=O)[O-])ccc2C)S(=O)(=O)c2ccc(C)cc2)c1. The van der Waals surface area contributed by atoms with Crippen LogP contribution in [0.1, 0.15) is 11.1 Å². The predicted octanol–water partition coefficient (Wildman–Crippen LogP) is 4.06. The Morgan fingerprint density at radius 2 is 1.69 bits per heavy atom. The van der Waals surface area contributed by atoms with Crippen LogP contribution in [0.2, 0.25) is 0 Å². The molecule has 1 amide bonds. The van der Waals surface area contributed by atoms with E-state index in [1.54, 1.807) is 25.1 Å². The number of benzene rings is 3. The smallest absolute Gasteiger partial charge is 0.271 e. The molecule has 0 saturated heterocycles. The van der Waals surface area contributed by atoms with Crippen molar-refractivity contribution in [2.24, 2.45) is 0 Å². The van der Waals surface area contributed by atoms with E-state index >= 15 is 0 Å². The molecule has 0 aliphatic carbocycles. The van der Waals surface area contributed by atoms with Crippen molar-refractivity contribution in [2.75, 3.05) is 30.4 Å². The van der Waals surface area contributed by atoms with Crippen LogP contribution >= 0.6 is 0 Å². The largest absolute Gasteiger partial charge is 0.497 e. The van der Waals surface area contributed by atoms with Crippen LogP contribution < -0.4 is 19.1 Å². The minimum atomic E-state index is -4.22. The van der Waals surface area contributed by atoms with E-state index in [4.69, 9.17) is 9.47 Å². The van der Waals surface area contributed by atoms with Crippen LogP contribution in [0.3, 0.4) is 0 Å². The van der Waals surface area contributed by atoms with Gasteiger partial charge in [-0.05, 0) is 43.7 Å². The molecule has 0 aliphatic rings. The highest BCUT2D eigenvalue weighted by Crippen LogP contribution is 2.36. The Kier molecular flexibility index (Phi) is 7.60. The molecule has 0 aliphatic heterocycles. The highest BCUT2D eigenvalue weighted by Gasteiger charge is 2.30. The first kappa shape index (κ1) is 25.5. The molecular weight excluding hydrogens is 474 g/mol. The zero-order chi connectivity index (χ0) is 25.8. The van der Waals surface area contributed by atoms with Gasteiger partial charge in [-0.1, -0.05) is 23.8 Å². The Morgan fingerprint density at radius 3 is 2.29 bits per heavy atom. The number of rotatable bonds is 9. The average molecular weight is 500 g/mol. The number of nitro benzene ring substituents is 1. The van der Waals surface area contributed by atoms with Crippen molar-refractivity contribution in [1.29, 1.82) is 0 Å². The molecule has 184 valence electrons. The summed E-state index contributed by atoms with van der Waals surface area (Å²) in [6.07, 6.45) is 0. The number of ether oxygens (including phenoxy) is 2. The van der Waals surface area contributed by atoms with Crippen molar-refractivity contribution in [3.63, 3.8) is 0 Å². The van der Waals surface area contributed by atoms with Crippen LogP contribution in [0.15, 0.2) is 65.6 Å². The first-order valence-electron chi connectivity index (χ1n) is 10.4. The van der Waals surface area contributed by atoms with E-state index in [2.05, 4.69) is 5.32 Å². The third-order valence-corrected chi connectivity index (χ3v) is 7.03. The second-order valence-corrected chi connectivity index (χ2v) is 9.53. The number of non-ortho nitro benzene ring substituents is 1. The summed E-state index contributed by atoms with van der Waals surface area (Å²) in [5, 5.41) is 13.7. The van der Waals surface area contributed by atoms with Gasteiger partial charge in [0, 0.05) is 18.2 Å². The van der Waals surface area contributed by atoms with Gasteiger partial charge in [-0.2, -0.15) is 0 Å². The van der Waals surface area contributed by atoms with Crippen molar-refractivity contribution in [1.82, 2.24) is 0 Å². The van der Waals surface area contributed by atoms with Gasteiger partial charge in [-0.3, -0.25) is 19.2 Å². The maximum atomic E-state index is 13.7. The van der Waals surface area contributed by atoms with E-state index in [1.165, 1.54) is 56.7 Å². The summed E-state index contributed by atoms with van der Waals surface area (Å²) in [4.78, 5) is 23.6. The fourth-order valence-electron chi connectivity index (χ4n) is 3.31. The Balaban J connectivity index is 2.06. The summed E-state index contributed by atoms with van der Waals surface area (Å²) in [5.74, 6) is -0.130. The van der Waals surface area contributed by atoms with Gasteiger partial charge in [0.25, 0.3) is 15.7 Å². The molecule has 0 heterocycles. The predicted molar refractivity (Wildman–Crippen MR) is 132 cm³/mol. The lowest BCUT2D eigenvalue weighted by atomic mass is 10.2. The van der Waals surface area contributed by atoms with Crippen molar-refractivity contribution in [3.8, 4) is 11.5 Å². The fraction of sp³-hybridized carbons (Fsp3) is 0.208. The molecule has 0 fully saturated rings. The molecule has 0 radical (unpaired) electrons. The highest BCUT2D eigenvalue weighted by atomic mass is 32.2. The van der Waals surface area contributed by atoms with Crippen LogP contribution in [0.5, 0.6) is 11.5 Å². The molecule has 0 saturated carbocycles. The standard InChI is InChI=1S/C24H25N3O7S/c1-16-5-10-20(11-6-16)35(31,32)26(22-14-19(33-3)9-12-23(22)34-4)15-24(28)25-21-13-18(27(29)30)8-7-17(21)2/h5-14H,15H2,1-4H3,(H,25,28). The summed E-state index contributed by atoms with van der Waals surface area (Å²) in [5.41, 5.74) is 1.54. The van der Waals surface area contributed by atoms with E-state index in [9.17, 15) is 23.3 Å². The quantitative estimate of drug-likeness (QED) is 0.347. The third kappa shape index (κ3) is 5.69. The monoisotopic (exact) mass is 499 g/mol. The van der Waals surface area contributed by atoms with Gasteiger partial charge < -0.3 is 14.8 Å². The molecule has 0 spiro atoms. The molecule has 3 rings (SSSR count). The lowest BCUT2D eigenvalue weighted by Crippen LogP contribution is -2.38. The summed E-state index contributed by atoms with van der Waals surface area (Å²) >= 11 is 0. The number of anilines is 2. The number of amides is 1. The van der Waals surface area contributed by atoms with Gasteiger partial charge in [0.1, 0.15) is 18.0 Å².